The van der Waals surface area contributed by atoms with Crippen molar-refractivity contribution in [3.05, 3.63) is 76.2 Å². The number of hydrogen-bond acceptors (Lipinski definition) is 2. The van der Waals surface area contributed by atoms with Gasteiger partial charge in [-0.1, -0.05) is 68.3 Å². The second kappa shape index (κ2) is 6.50. The maximum Gasteiger partial charge on any atom is 0.275 e. The number of aromatic nitrogens is 2. The maximum atomic E-state index is 12.7. The molecule has 3 aromatic rings. The highest BCUT2D eigenvalue weighted by molar-refractivity contribution is 5.85. The van der Waals surface area contributed by atoms with Crippen LogP contribution in [0.15, 0.2) is 59.4 Å². The third kappa shape index (κ3) is 3.32. The molecule has 1 heterocycles. The Morgan fingerprint density at radius 2 is 1.65 bits per heavy atom. The molecule has 0 N–H and O–H groups in total. The fourth-order valence-electron chi connectivity index (χ4n) is 2.40. The highest BCUT2D eigenvalue weighted by atomic mass is 16.1. The van der Waals surface area contributed by atoms with E-state index in [1.165, 1.54) is 4.68 Å². The van der Waals surface area contributed by atoms with Gasteiger partial charge in [-0.15, -0.1) is 0 Å². The Kier molecular flexibility index (Phi) is 4.25. The van der Waals surface area contributed by atoms with Crippen molar-refractivity contribution < 1.29 is 0 Å². The van der Waals surface area contributed by atoms with Crippen molar-refractivity contribution in [3.63, 3.8) is 0 Å². The van der Waals surface area contributed by atoms with Crippen LogP contribution in [0.3, 0.4) is 0 Å². The summed E-state index contributed by atoms with van der Waals surface area (Å²) in [4.78, 5) is 12.7. The molecule has 3 heteroatoms. The molecule has 0 aliphatic heterocycles. The molecule has 0 spiro atoms. The van der Waals surface area contributed by atoms with Crippen LogP contribution in [0.4, 0.5) is 0 Å². The van der Waals surface area contributed by atoms with Crippen LogP contribution in [0, 0.1) is 17.8 Å². The average Bonchev–Trinajstić information content (AvgIpc) is 2.57. The molecule has 0 amide bonds. The Balaban J connectivity index is 2.17. The molecular formula is C20H18N2O. The lowest BCUT2D eigenvalue weighted by Crippen LogP contribution is -2.24. The van der Waals surface area contributed by atoms with Crippen molar-refractivity contribution in [2.75, 3.05) is 0 Å². The van der Waals surface area contributed by atoms with Crippen LogP contribution in [0.25, 0.3) is 10.8 Å². The summed E-state index contributed by atoms with van der Waals surface area (Å²) in [6.45, 7) is 4.52. The molecule has 0 atom stereocenters. The number of nitrogens with zero attached hydrogens (tertiary/aromatic N) is 2. The molecule has 23 heavy (non-hydrogen) atoms. The summed E-state index contributed by atoms with van der Waals surface area (Å²) in [5.41, 5.74) is 1.62. The molecule has 0 aliphatic carbocycles. The molecule has 3 rings (SSSR count). The van der Waals surface area contributed by atoms with E-state index in [4.69, 9.17) is 0 Å². The first-order chi connectivity index (χ1) is 11.1. The van der Waals surface area contributed by atoms with E-state index >= 15 is 0 Å². The summed E-state index contributed by atoms with van der Waals surface area (Å²) in [6.07, 6.45) is 0. The summed E-state index contributed by atoms with van der Waals surface area (Å²) in [5, 5.41) is 5.97. The highest BCUT2D eigenvalue weighted by Crippen LogP contribution is 2.13. The van der Waals surface area contributed by atoms with Crippen molar-refractivity contribution in [1.82, 2.24) is 9.78 Å². The molecule has 114 valence electrons. The van der Waals surface area contributed by atoms with Gasteiger partial charge in [-0.25, -0.2) is 4.68 Å². The fraction of sp³-hybridized carbons (Fsp3) is 0.200. The third-order valence-corrected chi connectivity index (χ3v) is 3.52. The van der Waals surface area contributed by atoms with Crippen molar-refractivity contribution >= 4 is 10.8 Å². The van der Waals surface area contributed by atoms with Gasteiger partial charge in [-0.05, 0) is 17.6 Å². The van der Waals surface area contributed by atoms with Gasteiger partial charge in [0.15, 0.2) is 0 Å². The largest absolute Gasteiger partial charge is 0.275 e. The number of hydrogen-bond donors (Lipinski definition) is 0. The van der Waals surface area contributed by atoms with Gasteiger partial charge >= 0.3 is 0 Å². The lowest BCUT2D eigenvalue weighted by molar-refractivity contribution is 0.643. The van der Waals surface area contributed by atoms with Crippen LogP contribution < -0.4 is 5.56 Å². The van der Waals surface area contributed by atoms with Gasteiger partial charge in [0.1, 0.15) is 5.69 Å². The standard InChI is InChI=1S/C20H18N2O/c1-15(2)12-13-19-17-10-6-7-11-18(17)20(23)22(21-19)14-16-8-4-3-5-9-16/h3-11,15H,14H2,1-2H3. The minimum Gasteiger partial charge on any atom is -0.267 e. The van der Waals surface area contributed by atoms with Crippen LogP contribution in [0.1, 0.15) is 25.1 Å². The normalized spacial score (nSPS) is 10.6. The molecule has 0 saturated heterocycles. The molecule has 2 aromatic carbocycles. The highest BCUT2D eigenvalue weighted by Gasteiger charge is 2.09. The number of fused-ring (bicyclic) bond motifs is 1. The van der Waals surface area contributed by atoms with Gasteiger partial charge in [0.05, 0.1) is 11.9 Å². The van der Waals surface area contributed by atoms with E-state index in [-0.39, 0.29) is 11.5 Å². The predicted octanol–water partition coefficient (Wildman–Crippen LogP) is 3.45. The Labute approximate surface area is 135 Å². The molecule has 0 radical (unpaired) electrons. The fourth-order valence-corrected chi connectivity index (χ4v) is 2.40. The lowest BCUT2D eigenvalue weighted by Gasteiger charge is -2.08. The van der Waals surface area contributed by atoms with Gasteiger partial charge < -0.3 is 0 Å². The van der Waals surface area contributed by atoms with Crippen molar-refractivity contribution in [1.29, 1.82) is 0 Å². The summed E-state index contributed by atoms with van der Waals surface area (Å²) in [5.74, 6) is 6.51. The molecule has 0 aliphatic rings. The van der Waals surface area contributed by atoms with Crippen LogP contribution in [-0.2, 0) is 6.54 Å². The van der Waals surface area contributed by atoms with E-state index in [1.807, 2.05) is 68.4 Å². The molecule has 1 aromatic heterocycles. The number of benzene rings is 2. The zero-order chi connectivity index (χ0) is 16.2. The monoisotopic (exact) mass is 302 g/mol. The predicted molar refractivity (Wildman–Crippen MR) is 93.3 cm³/mol. The summed E-state index contributed by atoms with van der Waals surface area (Å²) < 4.78 is 1.50. The topological polar surface area (TPSA) is 34.9 Å². The second-order valence-corrected chi connectivity index (χ2v) is 5.77. The van der Waals surface area contributed by atoms with E-state index < -0.39 is 0 Å². The van der Waals surface area contributed by atoms with Gasteiger partial charge in [-0.2, -0.15) is 5.10 Å². The molecular weight excluding hydrogens is 284 g/mol. The summed E-state index contributed by atoms with van der Waals surface area (Å²) in [7, 11) is 0. The molecule has 0 fully saturated rings. The first kappa shape index (κ1) is 15.1. The summed E-state index contributed by atoms with van der Waals surface area (Å²) in [6, 6.07) is 17.4. The van der Waals surface area contributed by atoms with Gasteiger partial charge in [-0.3, -0.25) is 4.79 Å². The zero-order valence-corrected chi connectivity index (χ0v) is 13.3. The van der Waals surface area contributed by atoms with Crippen LogP contribution in [0.2, 0.25) is 0 Å². The van der Waals surface area contributed by atoms with Crippen LogP contribution >= 0.6 is 0 Å². The van der Waals surface area contributed by atoms with Crippen molar-refractivity contribution in [2.45, 2.75) is 20.4 Å². The Morgan fingerprint density at radius 1 is 1.00 bits per heavy atom. The van der Waals surface area contributed by atoms with Crippen LogP contribution in [-0.4, -0.2) is 9.78 Å². The first-order valence-electron chi connectivity index (χ1n) is 7.70. The van der Waals surface area contributed by atoms with E-state index in [0.29, 0.717) is 17.6 Å². The van der Waals surface area contributed by atoms with Gasteiger partial charge in [0, 0.05) is 11.3 Å². The quantitative estimate of drug-likeness (QED) is 0.680. The minimum atomic E-state index is -0.0837. The maximum absolute atomic E-state index is 12.7. The van der Waals surface area contributed by atoms with E-state index in [9.17, 15) is 4.79 Å². The van der Waals surface area contributed by atoms with Crippen molar-refractivity contribution in [2.24, 2.45) is 5.92 Å². The second-order valence-electron chi connectivity index (χ2n) is 5.77. The summed E-state index contributed by atoms with van der Waals surface area (Å²) >= 11 is 0. The molecule has 3 nitrogen and oxygen atoms in total. The van der Waals surface area contributed by atoms with E-state index in [2.05, 4.69) is 16.9 Å². The van der Waals surface area contributed by atoms with Gasteiger partial charge in [0.25, 0.3) is 5.56 Å². The van der Waals surface area contributed by atoms with E-state index in [1.54, 1.807) is 0 Å². The average molecular weight is 302 g/mol. The minimum absolute atomic E-state index is 0.0837. The van der Waals surface area contributed by atoms with E-state index in [0.717, 1.165) is 10.9 Å². The molecule has 0 unspecified atom stereocenters. The SMILES string of the molecule is CC(C)C#Cc1nn(Cc2ccccc2)c(=O)c2ccccc12. The third-order valence-electron chi connectivity index (χ3n) is 3.52. The Bertz CT molecular complexity index is 944. The zero-order valence-electron chi connectivity index (χ0n) is 13.3. The Morgan fingerprint density at radius 3 is 2.35 bits per heavy atom. The first-order valence-corrected chi connectivity index (χ1v) is 7.70. The molecule has 0 bridgehead atoms. The van der Waals surface area contributed by atoms with Crippen molar-refractivity contribution in [3.8, 4) is 11.8 Å². The number of rotatable bonds is 2. The Hall–Kier alpha value is -2.86. The van der Waals surface area contributed by atoms with Gasteiger partial charge in [0.2, 0.25) is 0 Å². The van der Waals surface area contributed by atoms with Crippen LogP contribution in [0.5, 0.6) is 0 Å². The lowest BCUT2D eigenvalue weighted by atomic mass is 10.1. The smallest absolute Gasteiger partial charge is 0.267 e. The molecule has 0 saturated carbocycles.